The first-order valence-corrected chi connectivity index (χ1v) is 11.0. The number of alkyl halides is 3. The molecule has 180 valence electrons. The number of amides is 1. The molecule has 0 radical (unpaired) electrons. The van der Waals surface area contributed by atoms with E-state index in [0.717, 1.165) is 44.1 Å². The summed E-state index contributed by atoms with van der Waals surface area (Å²) in [5.41, 5.74) is 1.37. The molecule has 1 aliphatic rings. The zero-order valence-electron chi connectivity index (χ0n) is 19.0. The molecule has 34 heavy (non-hydrogen) atoms. The molecule has 10 heteroatoms. The van der Waals surface area contributed by atoms with Crippen molar-refractivity contribution in [2.24, 2.45) is 0 Å². The molecular formula is C24H26F3N5O2. The summed E-state index contributed by atoms with van der Waals surface area (Å²) in [6.45, 7) is 5.37. The molecule has 0 spiro atoms. The molecule has 1 saturated heterocycles. The van der Waals surface area contributed by atoms with Gasteiger partial charge >= 0.3 is 6.18 Å². The number of aromatic nitrogens is 3. The number of carbonyl (C=O) groups is 1. The number of carbonyl (C=O) groups excluding carboxylic acids is 1. The molecule has 3 aromatic rings. The highest BCUT2D eigenvalue weighted by atomic mass is 19.4. The van der Waals surface area contributed by atoms with Crippen LogP contribution in [0.15, 0.2) is 48.8 Å². The van der Waals surface area contributed by atoms with E-state index in [1.807, 2.05) is 12.1 Å². The predicted octanol–water partition coefficient (Wildman–Crippen LogP) is 3.60. The minimum atomic E-state index is -4.46. The zero-order chi connectivity index (χ0) is 24.3. The number of hydrogen-bond donors (Lipinski definition) is 0. The quantitative estimate of drug-likeness (QED) is 0.548. The van der Waals surface area contributed by atoms with Crippen LogP contribution in [0.1, 0.15) is 27.2 Å². The smallest absolute Gasteiger partial charge is 0.417 e. The number of methoxy groups -OCH3 is 1. The van der Waals surface area contributed by atoms with E-state index in [2.05, 4.69) is 27.1 Å². The molecular weight excluding hydrogens is 447 g/mol. The van der Waals surface area contributed by atoms with Crippen LogP contribution in [-0.2, 0) is 12.6 Å². The lowest BCUT2D eigenvalue weighted by atomic mass is 10.1. The van der Waals surface area contributed by atoms with Crippen LogP contribution in [0.5, 0.6) is 5.75 Å². The lowest BCUT2D eigenvalue weighted by Gasteiger charge is -2.34. The topological polar surface area (TPSA) is 63.5 Å². The summed E-state index contributed by atoms with van der Waals surface area (Å²) in [4.78, 5) is 21.1. The summed E-state index contributed by atoms with van der Waals surface area (Å²) >= 11 is 0. The number of ether oxygens (including phenoxy) is 1. The van der Waals surface area contributed by atoms with Crippen LogP contribution in [0.25, 0.3) is 5.82 Å². The third kappa shape index (κ3) is 5.22. The lowest BCUT2D eigenvalue weighted by molar-refractivity contribution is -0.137. The first-order chi connectivity index (χ1) is 16.3. The SMILES string of the molecule is COc1ccc(CCN2CCN(C(=O)c3cnn(-c4ccc(C(F)(F)F)cn4)c3C)CC2)cc1. The minimum Gasteiger partial charge on any atom is -0.497 e. The van der Waals surface area contributed by atoms with Crippen molar-refractivity contribution in [2.75, 3.05) is 39.8 Å². The minimum absolute atomic E-state index is 0.134. The summed E-state index contributed by atoms with van der Waals surface area (Å²) in [5.74, 6) is 0.932. The Morgan fingerprint density at radius 2 is 1.74 bits per heavy atom. The molecule has 0 unspecified atom stereocenters. The van der Waals surface area contributed by atoms with E-state index < -0.39 is 11.7 Å². The van der Waals surface area contributed by atoms with Gasteiger partial charge in [-0.25, -0.2) is 9.67 Å². The standard InChI is InChI=1S/C24H26F3N5O2/c1-17-21(16-29-32(17)22-8-5-19(15-28-22)24(25,26)27)23(33)31-13-11-30(12-14-31)10-9-18-3-6-20(34-2)7-4-18/h3-8,15-16H,9-14H2,1-2H3. The van der Waals surface area contributed by atoms with Gasteiger partial charge in [-0.05, 0) is 43.2 Å². The van der Waals surface area contributed by atoms with Crippen molar-refractivity contribution in [3.05, 3.63) is 71.2 Å². The number of rotatable bonds is 6. The van der Waals surface area contributed by atoms with Gasteiger partial charge in [0.15, 0.2) is 5.82 Å². The average molecular weight is 473 g/mol. The summed E-state index contributed by atoms with van der Waals surface area (Å²) in [6, 6.07) is 10.2. The maximum absolute atomic E-state index is 13.1. The Morgan fingerprint density at radius 1 is 1.03 bits per heavy atom. The van der Waals surface area contributed by atoms with Crippen LogP contribution in [0.3, 0.4) is 0 Å². The number of hydrogen-bond acceptors (Lipinski definition) is 5. The fourth-order valence-electron chi connectivity index (χ4n) is 3.95. The number of benzene rings is 1. The van der Waals surface area contributed by atoms with E-state index in [4.69, 9.17) is 4.74 Å². The molecule has 4 rings (SSSR count). The zero-order valence-corrected chi connectivity index (χ0v) is 19.0. The van der Waals surface area contributed by atoms with Crippen molar-refractivity contribution < 1.29 is 22.7 Å². The Labute approximate surface area is 195 Å². The van der Waals surface area contributed by atoms with Gasteiger partial charge in [-0.3, -0.25) is 9.69 Å². The van der Waals surface area contributed by atoms with Crippen molar-refractivity contribution in [3.63, 3.8) is 0 Å². The van der Waals surface area contributed by atoms with Crippen molar-refractivity contribution in [1.82, 2.24) is 24.6 Å². The number of nitrogens with zero attached hydrogens (tertiary/aromatic N) is 5. The summed E-state index contributed by atoms with van der Waals surface area (Å²) in [7, 11) is 1.65. The van der Waals surface area contributed by atoms with Crippen molar-refractivity contribution in [1.29, 1.82) is 0 Å². The van der Waals surface area contributed by atoms with Gasteiger partial charge in [0.2, 0.25) is 0 Å². The molecule has 3 heterocycles. The fraction of sp³-hybridized carbons (Fsp3) is 0.375. The van der Waals surface area contributed by atoms with Crippen molar-refractivity contribution >= 4 is 5.91 Å². The predicted molar refractivity (Wildman–Crippen MR) is 120 cm³/mol. The summed E-state index contributed by atoms with van der Waals surface area (Å²) in [6.07, 6.45) is -1.32. The molecule has 0 N–H and O–H groups in total. The van der Waals surface area contributed by atoms with Gasteiger partial charge in [0.25, 0.3) is 5.91 Å². The molecule has 0 atom stereocenters. The third-order valence-electron chi connectivity index (χ3n) is 6.07. The molecule has 0 saturated carbocycles. The first-order valence-electron chi connectivity index (χ1n) is 11.0. The fourth-order valence-corrected chi connectivity index (χ4v) is 3.95. The Balaban J connectivity index is 1.34. The van der Waals surface area contributed by atoms with Gasteiger partial charge in [0.05, 0.1) is 30.1 Å². The molecule has 2 aromatic heterocycles. The average Bonchev–Trinajstić information content (AvgIpc) is 3.23. The normalized spacial score (nSPS) is 14.9. The number of halogens is 3. The second kappa shape index (κ2) is 9.84. The molecule has 1 aromatic carbocycles. The van der Waals surface area contributed by atoms with E-state index in [1.165, 1.54) is 22.5 Å². The lowest BCUT2D eigenvalue weighted by Crippen LogP contribution is -2.49. The maximum Gasteiger partial charge on any atom is 0.417 e. The van der Waals surface area contributed by atoms with Crippen LogP contribution in [0, 0.1) is 6.92 Å². The second-order valence-electron chi connectivity index (χ2n) is 8.19. The molecule has 1 fully saturated rings. The van der Waals surface area contributed by atoms with E-state index >= 15 is 0 Å². The molecule has 1 amide bonds. The van der Waals surface area contributed by atoms with Gasteiger partial charge in [-0.1, -0.05) is 12.1 Å². The van der Waals surface area contributed by atoms with E-state index in [0.29, 0.717) is 24.3 Å². The maximum atomic E-state index is 13.1. The van der Waals surface area contributed by atoms with Crippen molar-refractivity contribution in [3.8, 4) is 11.6 Å². The third-order valence-corrected chi connectivity index (χ3v) is 6.07. The van der Waals surface area contributed by atoms with Crippen LogP contribution < -0.4 is 4.74 Å². The van der Waals surface area contributed by atoms with Crippen LogP contribution in [0.2, 0.25) is 0 Å². The molecule has 7 nitrogen and oxygen atoms in total. The Hall–Kier alpha value is -3.40. The Morgan fingerprint density at radius 3 is 2.32 bits per heavy atom. The van der Waals surface area contributed by atoms with Gasteiger partial charge < -0.3 is 9.64 Å². The van der Waals surface area contributed by atoms with Crippen LogP contribution in [-0.4, -0.2) is 70.3 Å². The molecule has 0 bridgehead atoms. The van der Waals surface area contributed by atoms with Gasteiger partial charge in [-0.2, -0.15) is 18.3 Å². The highest BCUT2D eigenvalue weighted by Gasteiger charge is 2.31. The second-order valence-corrected chi connectivity index (χ2v) is 8.19. The van der Waals surface area contributed by atoms with Crippen LogP contribution >= 0.6 is 0 Å². The highest BCUT2D eigenvalue weighted by Crippen LogP contribution is 2.29. The molecule has 1 aliphatic heterocycles. The van der Waals surface area contributed by atoms with Crippen molar-refractivity contribution in [2.45, 2.75) is 19.5 Å². The van der Waals surface area contributed by atoms with Gasteiger partial charge in [-0.15, -0.1) is 0 Å². The first kappa shape index (κ1) is 23.7. The van der Waals surface area contributed by atoms with Crippen LogP contribution in [0.4, 0.5) is 13.2 Å². The van der Waals surface area contributed by atoms with Gasteiger partial charge in [0.1, 0.15) is 5.75 Å². The van der Waals surface area contributed by atoms with E-state index in [1.54, 1.807) is 18.9 Å². The Kier molecular flexibility index (Phi) is 6.87. The van der Waals surface area contributed by atoms with E-state index in [9.17, 15) is 18.0 Å². The highest BCUT2D eigenvalue weighted by molar-refractivity contribution is 5.95. The number of piperazine rings is 1. The monoisotopic (exact) mass is 473 g/mol. The number of pyridine rings is 1. The summed E-state index contributed by atoms with van der Waals surface area (Å²) in [5, 5.41) is 4.19. The van der Waals surface area contributed by atoms with E-state index in [-0.39, 0.29) is 11.7 Å². The summed E-state index contributed by atoms with van der Waals surface area (Å²) < 4.78 is 44.9. The molecule has 0 aliphatic carbocycles. The Bertz CT molecular complexity index is 1120. The largest absolute Gasteiger partial charge is 0.497 e. The van der Waals surface area contributed by atoms with Gasteiger partial charge in [0, 0.05) is 38.9 Å².